The third kappa shape index (κ3) is 2.39. The summed E-state index contributed by atoms with van der Waals surface area (Å²) in [4.78, 5) is 18.2. The van der Waals surface area contributed by atoms with E-state index in [4.69, 9.17) is 0 Å². The highest BCUT2D eigenvalue weighted by Crippen LogP contribution is 2.34. The molecule has 0 bridgehead atoms. The number of carbonyl (C=O) groups is 1. The van der Waals surface area contributed by atoms with Crippen molar-refractivity contribution in [2.24, 2.45) is 0 Å². The van der Waals surface area contributed by atoms with Gasteiger partial charge in [0.1, 0.15) is 10.8 Å². The third-order valence-corrected chi connectivity index (χ3v) is 4.96. The van der Waals surface area contributed by atoms with Crippen molar-refractivity contribution >= 4 is 22.9 Å². The van der Waals surface area contributed by atoms with Crippen molar-refractivity contribution < 1.29 is 9.90 Å². The summed E-state index contributed by atoms with van der Waals surface area (Å²) in [5.74, 6) is 0.373. The van der Waals surface area contributed by atoms with E-state index >= 15 is 0 Å². The molecule has 0 saturated carbocycles. The summed E-state index contributed by atoms with van der Waals surface area (Å²) < 4.78 is 0. The number of amides is 1. The fourth-order valence-corrected chi connectivity index (χ4v) is 3.61. The molecule has 1 N–H and O–H groups in total. The number of anilines is 1. The molecule has 0 spiro atoms. The molecule has 0 saturated heterocycles. The minimum Gasteiger partial charge on any atom is -0.508 e. The summed E-state index contributed by atoms with van der Waals surface area (Å²) in [6.45, 7) is 0. The zero-order chi connectivity index (χ0) is 16.0. The molecule has 3 aromatic rings. The Bertz CT molecular complexity index is 900. The molecule has 2 aromatic carbocycles. The molecule has 0 unspecified atom stereocenters. The summed E-state index contributed by atoms with van der Waals surface area (Å²) in [7, 11) is 1.81. The van der Waals surface area contributed by atoms with Gasteiger partial charge in [0.2, 0.25) is 5.91 Å². The van der Waals surface area contributed by atoms with Gasteiger partial charge in [-0.3, -0.25) is 4.79 Å². The number of hydrogen-bond donors (Lipinski definition) is 1. The number of aromatic hydroxyl groups is 1. The van der Waals surface area contributed by atoms with Crippen LogP contribution in [0.3, 0.4) is 0 Å². The molecule has 1 aliphatic heterocycles. The minimum absolute atomic E-state index is 0.125. The maximum atomic E-state index is 11.8. The van der Waals surface area contributed by atoms with Crippen molar-refractivity contribution in [3.05, 3.63) is 53.4 Å². The van der Waals surface area contributed by atoms with Gasteiger partial charge in [0.25, 0.3) is 0 Å². The number of aromatic nitrogens is 1. The first-order valence-electron chi connectivity index (χ1n) is 7.26. The Morgan fingerprint density at radius 3 is 2.65 bits per heavy atom. The molecule has 114 valence electrons. The highest BCUT2D eigenvalue weighted by atomic mass is 32.1. The van der Waals surface area contributed by atoms with Crippen molar-refractivity contribution in [2.45, 2.75) is 6.42 Å². The first kappa shape index (κ1) is 14.0. The average molecular weight is 322 g/mol. The molecule has 0 atom stereocenters. The number of phenols is 1. The molecular formula is C18H14N2O2S. The number of nitrogens with zero attached hydrogens (tertiary/aromatic N) is 2. The Kier molecular flexibility index (Phi) is 3.16. The van der Waals surface area contributed by atoms with Crippen LogP contribution in [-0.4, -0.2) is 23.0 Å². The Morgan fingerprint density at radius 2 is 1.87 bits per heavy atom. The molecule has 0 fully saturated rings. The average Bonchev–Trinajstić information content (AvgIpc) is 3.14. The van der Waals surface area contributed by atoms with Crippen LogP contribution in [0, 0.1) is 0 Å². The van der Waals surface area contributed by atoms with Crippen molar-refractivity contribution in [3.63, 3.8) is 0 Å². The second-order valence-corrected chi connectivity index (χ2v) is 6.42. The summed E-state index contributed by atoms with van der Waals surface area (Å²) in [6, 6.07) is 13.1. The van der Waals surface area contributed by atoms with Gasteiger partial charge in [-0.15, -0.1) is 11.3 Å². The molecule has 1 aliphatic rings. The Hall–Kier alpha value is -2.66. The van der Waals surface area contributed by atoms with E-state index in [0.717, 1.165) is 33.1 Å². The molecule has 2 heterocycles. The van der Waals surface area contributed by atoms with Gasteiger partial charge in [-0.05, 0) is 42.0 Å². The fourth-order valence-electron chi connectivity index (χ4n) is 2.77. The Balaban J connectivity index is 1.69. The topological polar surface area (TPSA) is 53.4 Å². The molecule has 1 amide bonds. The molecule has 1 aromatic heterocycles. The van der Waals surface area contributed by atoms with Crippen molar-refractivity contribution in [1.29, 1.82) is 0 Å². The Labute approximate surface area is 137 Å². The number of benzene rings is 2. The maximum absolute atomic E-state index is 11.8. The smallest absolute Gasteiger partial charge is 0.231 e. The largest absolute Gasteiger partial charge is 0.508 e. The van der Waals surface area contributed by atoms with Gasteiger partial charge < -0.3 is 10.0 Å². The SMILES string of the molecule is CN1C(=O)Cc2cc(-c3csc(-c4ccc(O)cc4)n3)ccc21. The van der Waals surface area contributed by atoms with E-state index in [2.05, 4.69) is 4.98 Å². The second kappa shape index (κ2) is 5.21. The van der Waals surface area contributed by atoms with Crippen LogP contribution in [0.15, 0.2) is 47.8 Å². The first-order chi connectivity index (χ1) is 11.1. The highest BCUT2D eigenvalue weighted by molar-refractivity contribution is 7.13. The number of carbonyl (C=O) groups excluding carboxylic acids is 1. The number of likely N-dealkylation sites (N-methyl/N-ethyl adjacent to an activating group) is 1. The molecule has 0 radical (unpaired) electrons. The molecule has 4 rings (SSSR count). The van der Waals surface area contributed by atoms with Crippen LogP contribution in [0.2, 0.25) is 0 Å². The molecule has 4 nitrogen and oxygen atoms in total. The molecule has 0 aliphatic carbocycles. The van der Waals surface area contributed by atoms with Crippen molar-refractivity contribution in [1.82, 2.24) is 4.98 Å². The lowest BCUT2D eigenvalue weighted by molar-refractivity contribution is -0.117. The van der Waals surface area contributed by atoms with Gasteiger partial charge in [0, 0.05) is 29.2 Å². The molecule has 23 heavy (non-hydrogen) atoms. The number of phenolic OH excluding ortho intramolecular Hbond substituents is 1. The number of rotatable bonds is 2. The molecular weight excluding hydrogens is 308 g/mol. The zero-order valence-corrected chi connectivity index (χ0v) is 13.3. The standard InChI is InChI=1S/C18H14N2O2S/c1-20-16-7-4-12(8-13(16)9-17(20)22)15-10-23-18(19-15)11-2-5-14(21)6-3-11/h2-8,10,21H,9H2,1H3. The van der Waals surface area contributed by atoms with Crippen LogP contribution in [0.1, 0.15) is 5.56 Å². The second-order valence-electron chi connectivity index (χ2n) is 5.56. The van der Waals surface area contributed by atoms with E-state index in [1.165, 1.54) is 0 Å². The van der Waals surface area contributed by atoms with Gasteiger partial charge in [0.15, 0.2) is 0 Å². The lowest BCUT2D eigenvalue weighted by Gasteiger charge is -2.09. The Morgan fingerprint density at radius 1 is 1.13 bits per heavy atom. The predicted molar refractivity (Wildman–Crippen MR) is 91.8 cm³/mol. The maximum Gasteiger partial charge on any atom is 0.231 e. The van der Waals surface area contributed by atoms with E-state index in [0.29, 0.717) is 6.42 Å². The van der Waals surface area contributed by atoms with Crippen LogP contribution in [-0.2, 0) is 11.2 Å². The van der Waals surface area contributed by atoms with E-state index in [1.807, 2.05) is 35.7 Å². The monoisotopic (exact) mass is 322 g/mol. The summed E-state index contributed by atoms with van der Waals surface area (Å²) >= 11 is 1.57. The van der Waals surface area contributed by atoms with Crippen molar-refractivity contribution in [2.75, 3.05) is 11.9 Å². The first-order valence-corrected chi connectivity index (χ1v) is 8.14. The lowest BCUT2D eigenvalue weighted by Crippen LogP contribution is -2.20. The van der Waals surface area contributed by atoms with Gasteiger partial charge in [-0.2, -0.15) is 0 Å². The fraction of sp³-hybridized carbons (Fsp3) is 0.111. The van der Waals surface area contributed by atoms with Crippen LogP contribution >= 0.6 is 11.3 Å². The van der Waals surface area contributed by atoms with Crippen LogP contribution in [0.5, 0.6) is 5.75 Å². The van der Waals surface area contributed by atoms with E-state index in [9.17, 15) is 9.90 Å². The van der Waals surface area contributed by atoms with Crippen LogP contribution < -0.4 is 4.90 Å². The van der Waals surface area contributed by atoms with Gasteiger partial charge in [0.05, 0.1) is 12.1 Å². The van der Waals surface area contributed by atoms with Crippen LogP contribution in [0.25, 0.3) is 21.8 Å². The number of thiazole rings is 1. The quantitative estimate of drug-likeness (QED) is 0.782. The van der Waals surface area contributed by atoms with E-state index in [-0.39, 0.29) is 11.7 Å². The highest BCUT2D eigenvalue weighted by Gasteiger charge is 2.24. The number of hydrogen-bond acceptors (Lipinski definition) is 4. The summed E-state index contributed by atoms with van der Waals surface area (Å²) in [5.41, 5.74) is 4.94. The summed E-state index contributed by atoms with van der Waals surface area (Å²) in [5, 5.41) is 12.3. The van der Waals surface area contributed by atoms with E-state index < -0.39 is 0 Å². The van der Waals surface area contributed by atoms with Gasteiger partial charge >= 0.3 is 0 Å². The van der Waals surface area contributed by atoms with Gasteiger partial charge in [-0.25, -0.2) is 4.98 Å². The van der Waals surface area contributed by atoms with E-state index in [1.54, 1.807) is 35.4 Å². The predicted octanol–water partition coefficient (Wildman–Crippen LogP) is 3.70. The normalized spacial score (nSPS) is 13.4. The van der Waals surface area contributed by atoms with Crippen molar-refractivity contribution in [3.8, 4) is 27.6 Å². The molecule has 5 heteroatoms. The third-order valence-electron chi connectivity index (χ3n) is 4.07. The minimum atomic E-state index is 0.125. The van der Waals surface area contributed by atoms with Crippen LogP contribution in [0.4, 0.5) is 5.69 Å². The number of fused-ring (bicyclic) bond motifs is 1. The van der Waals surface area contributed by atoms with Gasteiger partial charge in [-0.1, -0.05) is 6.07 Å². The summed E-state index contributed by atoms with van der Waals surface area (Å²) in [6.07, 6.45) is 0.453. The zero-order valence-electron chi connectivity index (χ0n) is 12.5. The lowest BCUT2D eigenvalue weighted by atomic mass is 10.1.